The van der Waals surface area contributed by atoms with Gasteiger partial charge in [-0.15, -0.1) is 0 Å². The highest BCUT2D eigenvalue weighted by molar-refractivity contribution is 5.76. The van der Waals surface area contributed by atoms with Crippen molar-refractivity contribution < 1.29 is 0 Å². The molecule has 0 radical (unpaired) electrons. The summed E-state index contributed by atoms with van der Waals surface area (Å²) in [5.74, 6) is 1.19. The van der Waals surface area contributed by atoms with E-state index in [1.165, 1.54) is 33.6 Å². The lowest BCUT2D eigenvalue weighted by Gasteiger charge is -2.08. The number of aromatic nitrogens is 1. The van der Waals surface area contributed by atoms with Gasteiger partial charge in [0.2, 0.25) is 0 Å². The van der Waals surface area contributed by atoms with Gasteiger partial charge < -0.3 is 4.98 Å². The molecule has 2 aromatic rings. The molecule has 18 heavy (non-hydrogen) atoms. The molecule has 0 spiro atoms. The van der Waals surface area contributed by atoms with Gasteiger partial charge in [-0.1, -0.05) is 45.9 Å². The van der Waals surface area contributed by atoms with Crippen molar-refractivity contribution in [3.8, 4) is 11.1 Å². The molecule has 1 N–H and O–H groups in total. The van der Waals surface area contributed by atoms with Crippen LogP contribution >= 0.6 is 0 Å². The van der Waals surface area contributed by atoms with Gasteiger partial charge in [0.05, 0.1) is 0 Å². The summed E-state index contributed by atoms with van der Waals surface area (Å²) >= 11 is 0. The van der Waals surface area contributed by atoms with Gasteiger partial charge in [0, 0.05) is 23.4 Å². The summed E-state index contributed by atoms with van der Waals surface area (Å²) in [5.41, 5.74) is 8.54. The fourth-order valence-electron chi connectivity index (χ4n) is 2.78. The number of nitrogens with one attached hydrogen (secondary N) is 1. The largest absolute Gasteiger partial charge is 0.361 e. The van der Waals surface area contributed by atoms with E-state index in [4.69, 9.17) is 0 Å². The first-order chi connectivity index (χ1) is 8.56. The SMILES string of the molecule is CC(C)c1ccc2c(c1)Cc1[nH]c(C(C)C)cc1-2. The lowest BCUT2D eigenvalue weighted by molar-refractivity contribution is 0.825. The van der Waals surface area contributed by atoms with Crippen molar-refractivity contribution in [2.75, 3.05) is 0 Å². The summed E-state index contributed by atoms with van der Waals surface area (Å²) in [6.07, 6.45) is 1.07. The standard InChI is InChI=1S/C17H21N/c1-10(2)12-5-6-14-13(7-12)8-17-15(14)9-16(18-17)11(3)4/h5-7,9-11,18H,8H2,1-4H3. The molecule has 0 bridgehead atoms. The zero-order valence-corrected chi connectivity index (χ0v) is 11.7. The maximum atomic E-state index is 3.59. The van der Waals surface area contributed by atoms with Crippen molar-refractivity contribution in [1.82, 2.24) is 4.98 Å². The lowest BCUT2D eigenvalue weighted by atomic mass is 9.97. The predicted octanol–water partition coefficient (Wildman–Crippen LogP) is 4.83. The maximum absolute atomic E-state index is 3.59. The Morgan fingerprint density at radius 2 is 1.72 bits per heavy atom. The number of aromatic amines is 1. The number of hydrogen-bond acceptors (Lipinski definition) is 0. The smallest absolute Gasteiger partial charge is 0.0273 e. The Bertz CT molecular complexity index is 588. The summed E-state index contributed by atoms with van der Waals surface area (Å²) in [5, 5.41) is 0. The lowest BCUT2D eigenvalue weighted by Crippen LogP contribution is -1.92. The van der Waals surface area contributed by atoms with Crippen molar-refractivity contribution >= 4 is 0 Å². The molecule has 0 unspecified atom stereocenters. The second kappa shape index (κ2) is 4.01. The number of rotatable bonds is 2. The van der Waals surface area contributed by atoms with Crippen molar-refractivity contribution in [1.29, 1.82) is 0 Å². The fourth-order valence-corrected chi connectivity index (χ4v) is 2.78. The molecule has 94 valence electrons. The van der Waals surface area contributed by atoms with E-state index in [0.29, 0.717) is 11.8 Å². The molecule has 3 rings (SSSR count). The van der Waals surface area contributed by atoms with Crippen LogP contribution in [0.5, 0.6) is 0 Å². The van der Waals surface area contributed by atoms with Gasteiger partial charge in [-0.2, -0.15) is 0 Å². The minimum absolute atomic E-state index is 0.578. The monoisotopic (exact) mass is 239 g/mol. The van der Waals surface area contributed by atoms with E-state index >= 15 is 0 Å². The van der Waals surface area contributed by atoms with Crippen LogP contribution in [0.4, 0.5) is 0 Å². The highest BCUT2D eigenvalue weighted by atomic mass is 14.7. The van der Waals surface area contributed by atoms with Gasteiger partial charge in [-0.25, -0.2) is 0 Å². The van der Waals surface area contributed by atoms with E-state index in [0.717, 1.165) is 6.42 Å². The Hall–Kier alpha value is -1.50. The van der Waals surface area contributed by atoms with Crippen LogP contribution < -0.4 is 0 Å². The van der Waals surface area contributed by atoms with Crippen LogP contribution in [0.15, 0.2) is 24.3 Å². The van der Waals surface area contributed by atoms with Crippen LogP contribution in [0.2, 0.25) is 0 Å². The molecule has 1 aromatic heterocycles. The van der Waals surface area contributed by atoms with Gasteiger partial charge in [0.25, 0.3) is 0 Å². The van der Waals surface area contributed by atoms with Gasteiger partial charge in [0.15, 0.2) is 0 Å². The second-order valence-electron chi connectivity index (χ2n) is 6.02. The third kappa shape index (κ3) is 1.69. The van der Waals surface area contributed by atoms with E-state index in [1.54, 1.807) is 0 Å². The molecule has 0 saturated heterocycles. The minimum atomic E-state index is 0.578. The fraction of sp³-hybridized carbons (Fsp3) is 0.412. The van der Waals surface area contributed by atoms with Crippen molar-refractivity contribution in [3.05, 3.63) is 46.8 Å². The molecule has 1 heterocycles. The van der Waals surface area contributed by atoms with Crippen molar-refractivity contribution in [2.45, 2.75) is 46.0 Å². The Labute approximate surface area is 109 Å². The Balaban J connectivity index is 2.05. The van der Waals surface area contributed by atoms with Crippen molar-refractivity contribution in [2.24, 2.45) is 0 Å². The zero-order valence-electron chi connectivity index (χ0n) is 11.7. The minimum Gasteiger partial charge on any atom is -0.361 e. The van der Waals surface area contributed by atoms with Crippen LogP contribution in [0.1, 0.15) is 62.0 Å². The molecule has 1 aliphatic rings. The normalized spacial score (nSPS) is 13.2. The van der Waals surface area contributed by atoms with Crippen LogP contribution in [-0.4, -0.2) is 4.98 Å². The van der Waals surface area contributed by atoms with Crippen LogP contribution in [0.3, 0.4) is 0 Å². The molecule has 1 aliphatic carbocycles. The number of hydrogen-bond donors (Lipinski definition) is 1. The summed E-state index contributed by atoms with van der Waals surface area (Å²) in [4.78, 5) is 3.59. The molecular weight excluding hydrogens is 218 g/mol. The first-order valence-corrected chi connectivity index (χ1v) is 6.91. The van der Waals surface area contributed by atoms with Crippen LogP contribution in [0, 0.1) is 0 Å². The summed E-state index contributed by atoms with van der Waals surface area (Å²) in [7, 11) is 0. The molecule has 0 aliphatic heterocycles. The van der Waals surface area contributed by atoms with Gasteiger partial charge in [0.1, 0.15) is 0 Å². The van der Waals surface area contributed by atoms with E-state index in [2.05, 4.69) is 56.9 Å². The van der Waals surface area contributed by atoms with E-state index in [9.17, 15) is 0 Å². The number of H-pyrrole nitrogens is 1. The molecule has 1 nitrogen and oxygen atoms in total. The average molecular weight is 239 g/mol. The molecular formula is C17H21N. The molecule has 0 saturated carbocycles. The first-order valence-electron chi connectivity index (χ1n) is 6.91. The third-order valence-corrected chi connectivity index (χ3v) is 4.00. The van der Waals surface area contributed by atoms with E-state index < -0.39 is 0 Å². The van der Waals surface area contributed by atoms with Crippen LogP contribution in [0.25, 0.3) is 11.1 Å². The summed E-state index contributed by atoms with van der Waals surface area (Å²) < 4.78 is 0. The third-order valence-electron chi connectivity index (χ3n) is 4.00. The van der Waals surface area contributed by atoms with Crippen LogP contribution in [-0.2, 0) is 6.42 Å². The number of fused-ring (bicyclic) bond motifs is 3. The molecule has 0 amide bonds. The highest BCUT2D eigenvalue weighted by Gasteiger charge is 2.22. The zero-order chi connectivity index (χ0) is 12.9. The van der Waals surface area contributed by atoms with Crippen molar-refractivity contribution in [3.63, 3.8) is 0 Å². The summed E-state index contributed by atoms with van der Waals surface area (Å²) in [6, 6.07) is 9.29. The summed E-state index contributed by atoms with van der Waals surface area (Å²) in [6.45, 7) is 8.99. The predicted molar refractivity (Wildman–Crippen MR) is 77.2 cm³/mol. The molecule has 0 atom stereocenters. The Kier molecular flexibility index (Phi) is 2.58. The average Bonchev–Trinajstić information content (AvgIpc) is 2.84. The molecule has 1 heteroatoms. The Morgan fingerprint density at radius 1 is 0.944 bits per heavy atom. The highest BCUT2D eigenvalue weighted by Crippen LogP contribution is 2.39. The number of benzene rings is 1. The van der Waals surface area contributed by atoms with Gasteiger partial charge >= 0.3 is 0 Å². The maximum Gasteiger partial charge on any atom is 0.0273 e. The van der Waals surface area contributed by atoms with E-state index in [1.807, 2.05) is 0 Å². The Morgan fingerprint density at radius 3 is 2.39 bits per heavy atom. The second-order valence-corrected chi connectivity index (χ2v) is 6.02. The molecule has 1 aromatic carbocycles. The first kappa shape index (κ1) is 11.6. The molecule has 0 fully saturated rings. The quantitative estimate of drug-likeness (QED) is 0.659. The van der Waals surface area contributed by atoms with Gasteiger partial charge in [-0.3, -0.25) is 0 Å². The van der Waals surface area contributed by atoms with Gasteiger partial charge in [-0.05, 0) is 34.6 Å². The topological polar surface area (TPSA) is 15.8 Å². The van der Waals surface area contributed by atoms with E-state index in [-0.39, 0.29) is 0 Å².